The van der Waals surface area contributed by atoms with Crippen LogP contribution < -0.4 is 5.32 Å². The molecule has 0 atom stereocenters. The summed E-state index contributed by atoms with van der Waals surface area (Å²) < 4.78 is 26.6. The van der Waals surface area contributed by atoms with E-state index in [0.717, 1.165) is 31.2 Å². The number of nitrogens with zero attached hydrogens (tertiary/aromatic N) is 4. The van der Waals surface area contributed by atoms with Crippen molar-refractivity contribution in [1.82, 2.24) is 24.4 Å². The molecule has 25 heavy (non-hydrogen) atoms. The summed E-state index contributed by atoms with van der Waals surface area (Å²) in [6.45, 7) is 7.95. The molecular weight excluding hydrogens is 362 g/mol. The molecule has 0 bridgehead atoms. The molecule has 3 heterocycles. The fourth-order valence-electron chi connectivity index (χ4n) is 3.11. The molecule has 2 saturated heterocycles. The third kappa shape index (κ3) is 4.56. The van der Waals surface area contributed by atoms with E-state index in [1.165, 1.54) is 15.6 Å². The van der Waals surface area contributed by atoms with Crippen LogP contribution in [0.1, 0.15) is 11.4 Å². The molecule has 8 nitrogen and oxygen atoms in total. The number of aryl methyl sites for hydroxylation is 1. The van der Waals surface area contributed by atoms with Gasteiger partial charge in [0.05, 0.1) is 5.01 Å². The Morgan fingerprint density at radius 2 is 1.88 bits per heavy atom. The van der Waals surface area contributed by atoms with Crippen molar-refractivity contribution in [2.45, 2.75) is 18.4 Å². The lowest BCUT2D eigenvalue weighted by molar-refractivity contribution is -0.132. The molecule has 10 heteroatoms. The number of carbonyl (C=O) groups is 1. The zero-order chi connectivity index (χ0) is 17.9. The van der Waals surface area contributed by atoms with Gasteiger partial charge in [0, 0.05) is 70.7 Å². The Hall–Kier alpha value is -1.07. The summed E-state index contributed by atoms with van der Waals surface area (Å²) in [5.74, 6) is 0.189. The Morgan fingerprint density at radius 3 is 2.48 bits per heavy atom. The number of nitrogens with one attached hydrogen (secondary N) is 1. The van der Waals surface area contributed by atoms with E-state index in [1.54, 1.807) is 12.3 Å². The second kappa shape index (κ2) is 8.09. The van der Waals surface area contributed by atoms with E-state index in [0.29, 0.717) is 39.1 Å². The Kier molecular flexibility index (Phi) is 6.05. The fourth-order valence-corrected chi connectivity index (χ4v) is 5.44. The highest BCUT2D eigenvalue weighted by Crippen LogP contribution is 2.19. The molecule has 1 aromatic heterocycles. The van der Waals surface area contributed by atoms with Crippen molar-refractivity contribution in [1.29, 1.82) is 0 Å². The van der Waals surface area contributed by atoms with Crippen molar-refractivity contribution in [2.75, 3.05) is 58.9 Å². The van der Waals surface area contributed by atoms with Gasteiger partial charge in [-0.25, -0.2) is 13.4 Å². The topological polar surface area (TPSA) is 85.9 Å². The zero-order valence-electron chi connectivity index (χ0n) is 14.5. The largest absolute Gasteiger partial charge is 0.340 e. The minimum absolute atomic E-state index is 0.150. The van der Waals surface area contributed by atoms with Crippen LogP contribution in [-0.2, 0) is 14.8 Å². The van der Waals surface area contributed by atoms with E-state index in [9.17, 15) is 13.2 Å². The predicted octanol–water partition coefficient (Wildman–Crippen LogP) is -0.420. The second-order valence-corrected chi connectivity index (χ2v) is 9.28. The van der Waals surface area contributed by atoms with Gasteiger partial charge in [0.2, 0.25) is 5.91 Å². The van der Waals surface area contributed by atoms with Crippen LogP contribution in [0.3, 0.4) is 0 Å². The average molecular weight is 388 g/mol. The molecule has 2 aliphatic heterocycles. The van der Waals surface area contributed by atoms with E-state index in [1.807, 2.05) is 4.90 Å². The van der Waals surface area contributed by atoms with E-state index in [-0.39, 0.29) is 10.9 Å². The molecule has 2 aliphatic rings. The Morgan fingerprint density at radius 1 is 1.20 bits per heavy atom. The van der Waals surface area contributed by atoms with E-state index in [4.69, 9.17) is 0 Å². The third-order valence-corrected chi connectivity index (χ3v) is 7.35. The second-order valence-electron chi connectivity index (χ2n) is 6.33. The molecule has 0 radical (unpaired) electrons. The highest BCUT2D eigenvalue weighted by Gasteiger charge is 2.30. The van der Waals surface area contributed by atoms with Gasteiger partial charge in [0.15, 0.2) is 5.03 Å². The summed E-state index contributed by atoms with van der Waals surface area (Å²) in [6, 6.07) is 0. The molecule has 0 spiro atoms. The smallest absolute Gasteiger partial charge is 0.261 e. The number of rotatable bonds is 5. The molecule has 0 saturated carbocycles. The summed E-state index contributed by atoms with van der Waals surface area (Å²) in [7, 11) is -3.49. The van der Waals surface area contributed by atoms with Crippen LogP contribution in [0.15, 0.2) is 10.4 Å². The number of thiazole rings is 1. The highest BCUT2D eigenvalue weighted by molar-refractivity contribution is 7.89. The van der Waals surface area contributed by atoms with Crippen LogP contribution in [0.25, 0.3) is 0 Å². The number of hydrogen-bond acceptors (Lipinski definition) is 7. The normalized spacial score (nSPS) is 20.8. The fraction of sp³-hybridized carbons (Fsp3) is 0.733. The Bertz CT molecular complexity index is 692. The van der Waals surface area contributed by atoms with Crippen LogP contribution in [0.5, 0.6) is 0 Å². The number of piperazine rings is 2. The summed E-state index contributed by atoms with van der Waals surface area (Å²) in [4.78, 5) is 20.4. The maximum Gasteiger partial charge on any atom is 0.261 e. The lowest BCUT2D eigenvalue weighted by atomic mass is 10.2. The first-order valence-electron chi connectivity index (χ1n) is 8.60. The quantitative estimate of drug-likeness (QED) is 0.739. The van der Waals surface area contributed by atoms with Crippen molar-refractivity contribution < 1.29 is 13.2 Å². The molecule has 2 fully saturated rings. The monoisotopic (exact) mass is 387 g/mol. The SMILES string of the molecule is Cc1nc(S(=O)(=O)N2CCN(CCC(=O)N3CCNCC3)CC2)cs1. The first-order chi connectivity index (χ1) is 12.0. The molecule has 1 aromatic rings. The van der Waals surface area contributed by atoms with Gasteiger partial charge < -0.3 is 15.1 Å². The van der Waals surface area contributed by atoms with Gasteiger partial charge in [-0.2, -0.15) is 4.31 Å². The van der Waals surface area contributed by atoms with Gasteiger partial charge in [0.1, 0.15) is 0 Å². The number of aromatic nitrogens is 1. The van der Waals surface area contributed by atoms with Gasteiger partial charge in [-0.15, -0.1) is 11.3 Å². The highest BCUT2D eigenvalue weighted by atomic mass is 32.2. The standard InChI is InChI=1S/C15H25N5O3S2/c1-13-17-14(12-24-13)25(22,23)20-10-8-18(9-11-20)5-2-15(21)19-6-3-16-4-7-19/h12,16H,2-11H2,1H3. The number of hydrogen-bond donors (Lipinski definition) is 1. The number of sulfonamides is 1. The van der Waals surface area contributed by atoms with Gasteiger partial charge >= 0.3 is 0 Å². The minimum Gasteiger partial charge on any atom is -0.340 e. The van der Waals surface area contributed by atoms with Crippen molar-refractivity contribution in [3.05, 3.63) is 10.4 Å². The van der Waals surface area contributed by atoms with Gasteiger partial charge in [-0.1, -0.05) is 0 Å². The van der Waals surface area contributed by atoms with E-state index in [2.05, 4.69) is 15.2 Å². The minimum atomic E-state index is -3.49. The molecule has 3 rings (SSSR count). The number of carbonyl (C=O) groups excluding carboxylic acids is 1. The van der Waals surface area contributed by atoms with Crippen LogP contribution in [0.4, 0.5) is 0 Å². The maximum atomic E-state index is 12.6. The first kappa shape index (κ1) is 18.7. The molecule has 0 aliphatic carbocycles. The van der Waals surface area contributed by atoms with Gasteiger partial charge in [-0.3, -0.25) is 4.79 Å². The van der Waals surface area contributed by atoms with Crippen LogP contribution >= 0.6 is 11.3 Å². The molecule has 0 unspecified atom stereocenters. The summed E-state index contributed by atoms with van der Waals surface area (Å²) in [5.41, 5.74) is 0. The number of amides is 1. The van der Waals surface area contributed by atoms with E-state index >= 15 is 0 Å². The maximum absolute atomic E-state index is 12.6. The van der Waals surface area contributed by atoms with Crippen LogP contribution in [0.2, 0.25) is 0 Å². The molecule has 140 valence electrons. The summed E-state index contributed by atoms with van der Waals surface area (Å²) in [6.07, 6.45) is 0.498. The lowest BCUT2D eigenvalue weighted by Gasteiger charge is -2.34. The zero-order valence-corrected chi connectivity index (χ0v) is 16.1. The van der Waals surface area contributed by atoms with Crippen LogP contribution in [-0.4, -0.2) is 92.3 Å². The molecule has 0 aromatic carbocycles. The van der Waals surface area contributed by atoms with Crippen molar-refractivity contribution >= 4 is 27.3 Å². The van der Waals surface area contributed by atoms with E-state index < -0.39 is 10.0 Å². The summed E-state index contributed by atoms with van der Waals surface area (Å²) >= 11 is 1.35. The molecule has 1 N–H and O–H groups in total. The Labute approximate surface area is 152 Å². The average Bonchev–Trinajstić information content (AvgIpc) is 3.08. The van der Waals surface area contributed by atoms with Gasteiger partial charge in [0.25, 0.3) is 10.0 Å². The Balaban J connectivity index is 1.46. The lowest BCUT2D eigenvalue weighted by Crippen LogP contribution is -2.50. The third-order valence-electron chi connectivity index (χ3n) is 4.65. The van der Waals surface area contributed by atoms with Crippen molar-refractivity contribution in [3.63, 3.8) is 0 Å². The summed E-state index contributed by atoms with van der Waals surface area (Å²) in [5, 5.41) is 5.74. The van der Waals surface area contributed by atoms with Crippen LogP contribution in [0, 0.1) is 6.92 Å². The first-order valence-corrected chi connectivity index (χ1v) is 10.9. The predicted molar refractivity (Wildman–Crippen MR) is 96.1 cm³/mol. The van der Waals surface area contributed by atoms with Crippen molar-refractivity contribution in [2.24, 2.45) is 0 Å². The molecular formula is C15H25N5O3S2. The molecule has 1 amide bonds. The van der Waals surface area contributed by atoms with Gasteiger partial charge in [-0.05, 0) is 6.92 Å². The van der Waals surface area contributed by atoms with Crippen molar-refractivity contribution in [3.8, 4) is 0 Å².